The fraction of sp³-hybridized carbons (Fsp3) is 0.714. The Labute approximate surface area is 126 Å². The minimum Gasteiger partial charge on any atom is -0.344 e. The van der Waals surface area contributed by atoms with Crippen molar-refractivity contribution in [3.05, 3.63) is 14.5 Å². The molecule has 0 aliphatic heterocycles. The van der Waals surface area contributed by atoms with Crippen LogP contribution in [0.2, 0.25) is 0 Å². The maximum atomic E-state index is 12.3. The Balaban J connectivity index is 1.68. The number of carbonyl (C=O) groups excluding carboxylic acids is 1. The average molecular weight is 343 g/mol. The van der Waals surface area contributed by atoms with Crippen LogP contribution in [-0.4, -0.2) is 16.4 Å². The van der Waals surface area contributed by atoms with Crippen LogP contribution < -0.4 is 5.32 Å². The first-order valence-electron chi connectivity index (χ1n) is 7.06. The van der Waals surface area contributed by atoms with E-state index >= 15 is 0 Å². The summed E-state index contributed by atoms with van der Waals surface area (Å²) in [6, 6.07) is 0. The van der Waals surface area contributed by atoms with Crippen LogP contribution >= 0.6 is 27.3 Å². The second kappa shape index (κ2) is 5.17. The zero-order valence-electron chi connectivity index (χ0n) is 11.2. The summed E-state index contributed by atoms with van der Waals surface area (Å²) in [6.07, 6.45) is 8.86. The molecule has 0 radical (unpaired) electrons. The highest BCUT2D eigenvalue weighted by Gasteiger charge is 2.50. The monoisotopic (exact) mass is 342 g/mol. The number of halogens is 1. The summed E-state index contributed by atoms with van der Waals surface area (Å²) in [5.41, 5.74) is 1.00. The van der Waals surface area contributed by atoms with Crippen molar-refractivity contribution in [2.24, 2.45) is 5.92 Å². The molecule has 1 aromatic heterocycles. The summed E-state index contributed by atoms with van der Waals surface area (Å²) in [5, 5.41) is 3.87. The normalized spacial score (nSPS) is 22.2. The molecule has 0 spiro atoms. The summed E-state index contributed by atoms with van der Waals surface area (Å²) < 4.78 is 0.958. The molecule has 1 amide bonds. The summed E-state index contributed by atoms with van der Waals surface area (Å²) >= 11 is 4.86. The molecule has 3 nitrogen and oxygen atoms in total. The van der Waals surface area contributed by atoms with Gasteiger partial charge in [-0.05, 0) is 54.5 Å². The van der Waals surface area contributed by atoms with Gasteiger partial charge in [0, 0.05) is 5.54 Å². The lowest BCUT2D eigenvalue weighted by atomic mass is 9.82. The van der Waals surface area contributed by atoms with Gasteiger partial charge in [-0.3, -0.25) is 4.79 Å². The first kappa shape index (κ1) is 13.6. The maximum Gasteiger partial charge on any atom is 0.280 e. The Morgan fingerprint density at radius 1 is 1.37 bits per heavy atom. The minimum absolute atomic E-state index is 0.0156. The number of aromatic nitrogens is 1. The molecule has 2 aliphatic carbocycles. The summed E-state index contributed by atoms with van der Waals surface area (Å²) in [5.74, 6) is 0.705. The predicted octanol–water partition coefficient (Wildman–Crippen LogP) is 4.06. The quantitative estimate of drug-likeness (QED) is 0.899. The first-order valence-corrected chi connectivity index (χ1v) is 8.67. The predicted molar refractivity (Wildman–Crippen MR) is 80.6 cm³/mol. The van der Waals surface area contributed by atoms with Gasteiger partial charge in [0.1, 0.15) is 0 Å². The van der Waals surface area contributed by atoms with Gasteiger partial charge in [0.2, 0.25) is 0 Å². The van der Waals surface area contributed by atoms with Crippen molar-refractivity contribution in [2.45, 2.75) is 57.4 Å². The second-order valence-electron chi connectivity index (χ2n) is 5.82. The van der Waals surface area contributed by atoms with Crippen LogP contribution in [0.4, 0.5) is 0 Å². The summed E-state index contributed by atoms with van der Waals surface area (Å²) in [6.45, 7) is 1.92. The lowest BCUT2D eigenvalue weighted by Gasteiger charge is -2.30. The molecular weight excluding hydrogens is 324 g/mol. The number of nitrogens with zero attached hydrogens (tertiary/aromatic N) is 1. The molecule has 3 rings (SSSR count). The molecule has 0 aromatic carbocycles. The van der Waals surface area contributed by atoms with Gasteiger partial charge >= 0.3 is 0 Å². The Bertz CT molecular complexity index is 470. The van der Waals surface area contributed by atoms with Gasteiger partial charge in [-0.2, -0.15) is 0 Å². The molecule has 2 aliphatic rings. The van der Waals surface area contributed by atoms with Crippen LogP contribution in [0.5, 0.6) is 0 Å². The lowest BCUT2D eigenvalue weighted by Crippen LogP contribution is -2.43. The number of rotatable bonds is 3. The standard InChI is InChI=1S/C14H19BrN2OS/c1-9-11(15)19-13(16-9)12(18)17-14(7-8-14)10-5-3-2-4-6-10/h10H,2-8H2,1H3,(H,17,18). The number of carbonyl (C=O) groups is 1. The highest BCUT2D eigenvalue weighted by molar-refractivity contribution is 9.11. The molecule has 0 bridgehead atoms. The molecule has 2 fully saturated rings. The SMILES string of the molecule is Cc1nc(C(=O)NC2(C3CCCCC3)CC2)sc1Br. The number of aryl methyl sites for hydroxylation is 1. The Hall–Kier alpha value is -0.420. The van der Waals surface area contributed by atoms with Gasteiger partial charge < -0.3 is 5.32 Å². The largest absolute Gasteiger partial charge is 0.344 e. The van der Waals surface area contributed by atoms with Crippen LogP contribution in [0.1, 0.15) is 60.4 Å². The third kappa shape index (κ3) is 2.72. The van der Waals surface area contributed by atoms with E-state index in [0.29, 0.717) is 10.9 Å². The molecule has 0 unspecified atom stereocenters. The van der Waals surface area contributed by atoms with Crippen LogP contribution in [0.25, 0.3) is 0 Å². The Kier molecular flexibility index (Phi) is 3.69. The van der Waals surface area contributed by atoms with Gasteiger partial charge in [0.25, 0.3) is 5.91 Å². The highest BCUT2D eigenvalue weighted by atomic mass is 79.9. The smallest absolute Gasteiger partial charge is 0.280 e. The first-order chi connectivity index (χ1) is 9.11. The zero-order valence-corrected chi connectivity index (χ0v) is 13.6. The molecule has 1 N–H and O–H groups in total. The second-order valence-corrected chi connectivity index (χ2v) is 8.14. The molecule has 5 heteroatoms. The fourth-order valence-electron chi connectivity index (χ4n) is 3.18. The van der Waals surface area contributed by atoms with Crippen LogP contribution in [0, 0.1) is 12.8 Å². The van der Waals surface area contributed by atoms with Gasteiger partial charge in [-0.1, -0.05) is 19.3 Å². The van der Waals surface area contributed by atoms with E-state index in [1.54, 1.807) is 0 Å². The van der Waals surface area contributed by atoms with Crippen LogP contribution in [0.15, 0.2) is 3.79 Å². The molecule has 1 heterocycles. The van der Waals surface area contributed by atoms with E-state index in [1.807, 2.05) is 6.92 Å². The Morgan fingerprint density at radius 2 is 2.05 bits per heavy atom. The molecule has 1 aromatic rings. The average Bonchev–Trinajstić information content (AvgIpc) is 3.12. The maximum absolute atomic E-state index is 12.3. The van der Waals surface area contributed by atoms with Crippen molar-refractivity contribution >= 4 is 33.2 Å². The minimum atomic E-state index is 0.0156. The van der Waals surface area contributed by atoms with E-state index in [1.165, 1.54) is 43.4 Å². The van der Waals surface area contributed by atoms with E-state index in [2.05, 4.69) is 26.2 Å². The molecular formula is C14H19BrN2OS. The van der Waals surface area contributed by atoms with E-state index < -0.39 is 0 Å². The third-order valence-corrected chi connectivity index (χ3v) is 6.48. The summed E-state index contributed by atoms with van der Waals surface area (Å²) in [7, 11) is 0. The van der Waals surface area contributed by atoms with Crippen LogP contribution in [-0.2, 0) is 0 Å². The van der Waals surface area contributed by atoms with Crippen molar-refractivity contribution < 1.29 is 4.79 Å². The van der Waals surface area contributed by atoms with Gasteiger partial charge in [-0.15, -0.1) is 11.3 Å². The van der Waals surface area contributed by atoms with Gasteiger partial charge in [0.15, 0.2) is 5.01 Å². The van der Waals surface area contributed by atoms with Crippen LogP contribution in [0.3, 0.4) is 0 Å². The molecule has 19 heavy (non-hydrogen) atoms. The van der Waals surface area contributed by atoms with Crippen molar-refractivity contribution in [1.29, 1.82) is 0 Å². The fourth-order valence-corrected chi connectivity index (χ4v) is 4.42. The number of amides is 1. The highest BCUT2D eigenvalue weighted by Crippen LogP contribution is 2.48. The van der Waals surface area contributed by atoms with Crippen molar-refractivity contribution in [3.63, 3.8) is 0 Å². The van der Waals surface area contributed by atoms with E-state index in [9.17, 15) is 4.79 Å². The molecule has 2 saturated carbocycles. The zero-order chi connectivity index (χ0) is 13.5. The number of hydrogen-bond donors (Lipinski definition) is 1. The van der Waals surface area contributed by atoms with Gasteiger partial charge in [-0.25, -0.2) is 4.98 Å². The van der Waals surface area contributed by atoms with E-state index in [0.717, 1.165) is 22.3 Å². The van der Waals surface area contributed by atoms with Crippen molar-refractivity contribution in [2.75, 3.05) is 0 Å². The number of nitrogens with one attached hydrogen (secondary N) is 1. The molecule has 104 valence electrons. The third-order valence-electron chi connectivity index (χ3n) is 4.47. The number of hydrogen-bond acceptors (Lipinski definition) is 3. The molecule has 0 atom stereocenters. The molecule has 0 saturated heterocycles. The lowest BCUT2D eigenvalue weighted by molar-refractivity contribution is 0.0901. The summed E-state index contributed by atoms with van der Waals surface area (Å²) in [4.78, 5) is 16.7. The van der Waals surface area contributed by atoms with Crippen molar-refractivity contribution in [1.82, 2.24) is 10.3 Å². The van der Waals surface area contributed by atoms with Crippen molar-refractivity contribution in [3.8, 4) is 0 Å². The number of thiazole rings is 1. The van der Waals surface area contributed by atoms with E-state index in [-0.39, 0.29) is 11.4 Å². The Morgan fingerprint density at radius 3 is 2.58 bits per heavy atom. The van der Waals surface area contributed by atoms with E-state index in [4.69, 9.17) is 0 Å². The topological polar surface area (TPSA) is 42.0 Å². The van der Waals surface area contributed by atoms with Gasteiger partial charge in [0.05, 0.1) is 9.48 Å².